The molecular weight excluding hydrogens is 454 g/mol. The number of rotatable bonds is 8. The summed E-state index contributed by atoms with van der Waals surface area (Å²) in [7, 11) is 1.59. The van der Waals surface area contributed by atoms with Crippen LogP contribution in [0, 0.1) is 6.92 Å². The summed E-state index contributed by atoms with van der Waals surface area (Å²) in [5.41, 5.74) is 8.23. The molecule has 0 unspecified atom stereocenters. The molecule has 8 nitrogen and oxygen atoms in total. The van der Waals surface area contributed by atoms with Gasteiger partial charge in [0, 0.05) is 27.7 Å². The van der Waals surface area contributed by atoms with Gasteiger partial charge in [0.1, 0.15) is 12.3 Å². The highest BCUT2D eigenvalue weighted by Crippen LogP contribution is 2.32. The van der Waals surface area contributed by atoms with Crippen molar-refractivity contribution in [3.63, 3.8) is 0 Å². The number of hydrazone groups is 1. The van der Waals surface area contributed by atoms with Crippen molar-refractivity contribution in [1.82, 2.24) is 20.6 Å². The number of hydrogen-bond acceptors (Lipinski definition) is 5. The van der Waals surface area contributed by atoms with Crippen LogP contribution in [0.25, 0.3) is 22.2 Å². The summed E-state index contributed by atoms with van der Waals surface area (Å²) in [5, 5.41) is 12.2. The van der Waals surface area contributed by atoms with E-state index in [2.05, 4.69) is 25.7 Å². The van der Waals surface area contributed by atoms with Crippen LogP contribution in [0.2, 0.25) is 0 Å². The van der Waals surface area contributed by atoms with Crippen molar-refractivity contribution in [2.24, 2.45) is 5.10 Å². The molecule has 36 heavy (non-hydrogen) atoms. The van der Waals surface area contributed by atoms with E-state index in [-0.39, 0.29) is 0 Å². The van der Waals surface area contributed by atoms with Crippen LogP contribution in [0.5, 0.6) is 11.5 Å². The number of aryl methyl sites for hydroxylation is 1. The van der Waals surface area contributed by atoms with Gasteiger partial charge in [-0.05, 0) is 42.8 Å². The predicted molar refractivity (Wildman–Crippen MR) is 139 cm³/mol. The van der Waals surface area contributed by atoms with E-state index >= 15 is 0 Å². The van der Waals surface area contributed by atoms with Crippen molar-refractivity contribution in [1.29, 1.82) is 0 Å². The summed E-state index contributed by atoms with van der Waals surface area (Å²) in [4.78, 5) is 15.9. The van der Waals surface area contributed by atoms with Crippen LogP contribution in [0.1, 0.15) is 27.3 Å². The van der Waals surface area contributed by atoms with Crippen LogP contribution in [0.4, 0.5) is 0 Å². The number of aromatic nitrogens is 3. The highest BCUT2D eigenvalue weighted by atomic mass is 16.5. The van der Waals surface area contributed by atoms with Crippen LogP contribution in [0.15, 0.2) is 84.0 Å². The Morgan fingerprint density at radius 2 is 1.83 bits per heavy atom. The third kappa shape index (κ3) is 4.83. The number of benzene rings is 3. The molecule has 2 aromatic heterocycles. The Morgan fingerprint density at radius 1 is 1.03 bits per heavy atom. The van der Waals surface area contributed by atoms with E-state index in [1.54, 1.807) is 19.4 Å². The van der Waals surface area contributed by atoms with Gasteiger partial charge in [0.2, 0.25) is 0 Å². The zero-order valence-corrected chi connectivity index (χ0v) is 19.9. The number of methoxy groups -OCH3 is 1. The van der Waals surface area contributed by atoms with Gasteiger partial charge in [-0.15, -0.1) is 0 Å². The van der Waals surface area contributed by atoms with Crippen LogP contribution in [0.3, 0.4) is 0 Å². The maximum atomic E-state index is 12.6. The largest absolute Gasteiger partial charge is 0.493 e. The van der Waals surface area contributed by atoms with E-state index < -0.39 is 5.91 Å². The molecule has 0 aliphatic heterocycles. The van der Waals surface area contributed by atoms with Gasteiger partial charge in [0.25, 0.3) is 5.91 Å². The van der Waals surface area contributed by atoms with Gasteiger partial charge in [-0.25, -0.2) is 5.43 Å². The zero-order chi connectivity index (χ0) is 24.9. The Hall–Kier alpha value is -4.85. The minimum Gasteiger partial charge on any atom is -0.493 e. The van der Waals surface area contributed by atoms with Gasteiger partial charge in [-0.3, -0.25) is 9.89 Å². The zero-order valence-electron chi connectivity index (χ0n) is 19.9. The fourth-order valence-electron chi connectivity index (χ4n) is 3.95. The Balaban J connectivity index is 1.26. The average molecular weight is 480 g/mol. The number of nitrogens with zero attached hydrogens (tertiary/aromatic N) is 2. The number of nitrogens with one attached hydrogen (secondary N) is 3. The first kappa shape index (κ1) is 22.9. The first-order valence-electron chi connectivity index (χ1n) is 11.4. The highest BCUT2D eigenvalue weighted by molar-refractivity contribution is 6.01. The molecular formula is C28H25N5O3. The van der Waals surface area contributed by atoms with Crippen molar-refractivity contribution < 1.29 is 14.3 Å². The molecule has 5 rings (SSSR count). The fraction of sp³-hybridized carbons (Fsp3) is 0.107. The van der Waals surface area contributed by atoms with Crippen LogP contribution in [-0.4, -0.2) is 34.4 Å². The molecule has 0 saturated carbocycles. The molecule has 2 heterocycles. The second-order valence-corrected chi connectivity index (χ2v) is 8.22. The Kier molecular flexibility index (Phi) is 6.48. The average Bonchev–Trinajstić information content (AvgIpc) is 3.53. The van der Waals surface area contributed by atoms with Crippen LogP contribution < -0.4 is 14.9 Å². The molecule has 8 heteroatoms. The van der Waals surface area contributed by atoms with E-state index in [1.165, 1.54) is 0 Å². The number of aromatic amines is 2. The van der Waals surface area contributed by atoms with E-state index in [0.717, 1.165) is 33.3 Å². The molecule has 1 amide bonds. The second-order valence-electron chi connectivity index (χ2n) is 8.22. The minimum absolute atomic E-state index is 0.293. The highest BCUT2D eigenvalue weighted by Gasteiger charge is 2.13. The molecule has 0 radical (unpaired) electrons. The Labute approximate surface area is 208 Å². The normalized spacial score (nSPS) is 11.2. The van der Waals surface area contributed by atoms with Crippen molar-refractivity contribution in [2.75, 3.05) is 7.11 Å². The van der Waals surface area contributed by atoms with E-state index in [4.69, 9.17) is 9.47 Å². The summed E-state index contributed by atoms with van der Waals surface area (Å²) in [6.07, 6.45) is 1.64. The van der Waals surface area contributed by atoms with Crippen molar-refractivity contribution in [3.8, 4) is 22.8 Å². The second kappa shape index (κ2) is 10.2. The Bertz CT molecular complexity index is 1540. The third-order valence-corrected chi connectivity index (χ3v) is 5.82. The topological polar surface area (TPSA) is 104 Å². The van der Waals surface area contributed by atoms with Crippen molar-refractivity contribution in [2.45, 2.75) is 13.5 Å². The number of H-pyrrole nitrogens is 2. The van der Waals surface area contributed by atoms with E-state index in [1.807, 2.05) is 79.7 Å². The minimum atomic E-state index is -0.391. The number of carbonyl (C=O) groups is 1. The van der Waals surface area contributed by atoms with Gasteiger partial charge >= 0.3 is 0 Å². The SMILES string of the molecule is COc1cc(-c2cc(C(=O)N/N=C/c3c(C)[nH]c4ccccc34)[nH]n2)ccc1OCc1ccccc1. The van der Waals surface area contributed by atoms with Gasteiger partial charge in [-0.1, -0.05) is 48.5 Å². The predicted octanol–water partition coefficient (Wildman–Crippen LogP) is 5.22. The lowest BCUT2D eigenvalue weighted by molar-refractivity contribution is 0.0950. The van der Waals surface area contributed by atoms with Crippen molar-refractivity contribution in [3.05, 3.63) is 101 Å². The maximum Gasteiger partial charge on any atom is 0.289 e. The molecule has 0 fully saturated rings. The maximum absolute atomic E-state index is 12.6. The molecule has 0 saturated heterocycles. The Morgan fingerprint density at radius 3 is 2.67 bits per heavy atom. The summed E-state index contributed by atoms with van der Waals surface area (Å²) in [6.45, 7) is 2.40. The number of hydrogen-bond donors (Lipinski definition) is 3. The molecule has 3 aromatic carbocycles. The van der Waals surface area contributed by atoms with Crippen LogP contribution >= 0.6 is 0 Å². The summed E-state index contributed by atoms with van der Waals surface area (Å²) < 4.78 is 11.4. The molecule has 0 aliphatic rings. The smallest absolute Gasteiger partial charge is 0.289 e. The van der Waals surface area contributed by atoms with Crippen molar-refractivity contribution >= 4 is 23.0 Å². The van der Waals surface area contributed by atoms with E-state index in [0.29, 0.717) is 29.5 Å². The number of amides is 1. The third-order valence-electron chi connectivity index (χ3n) is 5.82. The van der Waals surface area contributed by atoms with E-state index in [9.17, 15) is 4.79 Å². The molecule has 5 aromatic rings. The first-order chi connectivity index (χ1) is 17.6. The van der Waals surface area contributed by atoms with Gasteiger partial charge in [-0.2, -0.15) is 10.2 Å². The molecule has 0 aliphatic carbocycles. The molecule has 3 N–H and O–H groups in total. The monoisotopic (exact) mass is 479 g/mol. The number of para-hydroxylation sites is 1. The number of carbonyl (C=O) groups excluding carboxylic acids is 1. The lowest BCUT2D eigenvalue weighted by atomic mass is 10.1. The number of fused-ring (bicyclic) bond motifs is 1. The molecule has 180 valence electrons. The van der Waals surface area contributed by atoms with Crippen LogP contribution in [-0.2, 0) is 6.61 Å². The standard InChI is InChI=1S/C28H25N5O3/c1-18-22(21-10-6-7-11-23(21)30-18)16-29-33-28(34)25-15-24(31-32-25)20-12-13-26(27(14-20)35-2)36-17-19-8-4-3-5-9-19/h3-16,30H,17H2,1-2H3,(H,31,32)(H,33,34)/b29-16+. The van der Waals surface area contributed by atoms with Gasteiger partial charge in [0.15, 0.2) is 11.5 Å². The molecule has 0 atom stereocenters. The quantitative estimate of drug-likeness (QED) is 0.210. The van der Waals surface area contributed by atoms with Gasteiger partial charge < -0.3 is 14.5 Å². The first-order valence-corrected chi connectivity index (χ1v) is 11.4. The lowest BCUT2D eigenvalue weighted by Gasteiger charge is -2.11. The molecule has 0 spiro atoms. The summed E-state index contributed by atoms with van der Waals surface area (Å²) >= 11 is 0. The fourth-order valence-corrected chi connectivity index (χ4v) is 3.95. The van der Waals surface area contributed by atoms with Gasteiger partial charge in [0.05, 0.1) is 19.0 Å². The summed E-state index contributed by atoms with van der Waals surface area (Å²) in [5.74, 6) is 0.814. The summed E-state index contributed by atoms with van der Waals surface area (Å²) in [6, 6.07) is 25.1. The molecule has 0 bridgehead atoms. The lowest BCUT2D eigenvalue weighted by Crippen LogP contribution is -2.18. The number of ether oxygens (including phenoxy) is 2.